The van der Waals surface area contributed by atoms with Gasteiger partial charge in [0.15, 0.2) is 0 Å². The monoisotopic (exact) mass is 497 g/mol. The van der Waals surface area contributed by atoms with E-state index in [0.717, 1.165) is 49.9 Å². The second kappa shape index (κ2) is 11.5. The van der Waals surface area contributed by atoms with Crippen molar-refractivity contribution in [3.63, 3.8) is 0 Å². The van der Waals surface area contributed by atoms with Gasteiger partial charge in [-0.25, -0.2) is 0 Å². The molecule has 36 heavy (non-hydrogen) atoms. The second-order valence-corrected chi connectivity index (χ2v) is 13.1. The third-order valence-electron chi connectivity index (χ3n) is 11.7. The van der Waals surface area contributed by atoms with Gasteiger partial charge < -0.3 is 14.2 Å². The van der Waals surface area contributed by atoms with Crippen LogP contribution in [0.25, 0.3) is 0 Å². The fraction of sp³-hybridized carbons (Fsp3) is 0.906. The van der Waals surface area contributed by atoms with Gasteiger partial charge in [-0.3, -0.25) is 0 Å². The Kier molecular flexibility index (Phi) is 8.51. The van der Waals surface area contributed by atoms with Crippen molar-refractivity contribution in [3.05, 3.63) is 12.2 Å². The maximum atomic E-state index is 10.0. The molecule has 4 saturated carbocycles. The summed E-state index contributed by atoms with van der Waals surface area (Å²) < 4.78 is 19.2. The van der Waals surface area contributed by atoms with Crippen LogP contribution < -0.4 is 0 Å². The van der Waals surface area contributed by atoms with Crippen LogP contribution in [-0.4, -0.2) is 38.1 Å². The maximum Gasteiger partial charge on any atom is 0.0923 e. The lowest BCUT2D eigenvalue weighted by atomic mass is 9.56. The van der Waals surface area contributed by atoms with Gasteiger partial charge in [-0.05, 0) is 93.3 Å². The Morgan fingerprint density at radius 3 is 2.42 bits per heavy atom. The summed E-state index contributed by atoms with van der Waals surface area (Å²) in [4.78, 5) is 0. The molecule has 0 radical (unpaired) electrons. The normalized spacial score (nSPS) is 47.9. The van der Waals surface area contributed by atoms with Crippen LogP contribution in [0.5, 0.6) is 0 Å². The van der Waals surface area contributed by atoms with Crippen molar-refractivity contribution >= 4 is 0 Å². The van der Waals surface area contributed by atoms with Crippen molar-refractivity contribution in [2.45, 2.75) is 121 Å². The van der Waals surface area contributed by atoms with E-state index in [2.05, 4.69) is 32.1 Å². The topological polar surface area (TPSA) is 51.5 Å². The molecule has 10 unspecified atom stereocenters. The molecule has 0 amide bonds. The standard InChI is InChI=1S/C32H51NO3/c1-5-21(2)29-19-22-8-6-7-9-27(22)31-28(29)16-17-32(36-31,24-10-13-26(34-3)14-11-24)25-12-15-30(35-4)23(18-25)20-33/h16-17,21-31H,5-15,18-19H2,1-4H3. The molecule has 0 saturated heterocycles. The van der Waals surface area contributed by atoms with Crippen LogP contribution in [0, 0.1) is 58.7 Å². The molecule has 5 aliphatic rings. The molecule has 0 bridgehead atoms. The number of rotatable bonds is 6. The zero-order chi connectivity index (χ0) is 25.3. The summed E-state index contributed by atoms with van der Waals surface area (Å²) in [6, 6.07) is 2.62. The summed E-state index contributed by atoms with van der Waals surface area (Å²) in [5, 5.41) is 10.0. The van der Waals surface area contributed by atoms with Crippen molar-refractivity contribution < 1.29 is 14.2 Å². The molecule has 4 nitrogen and oxygen atoms in total. The molecule has 0 spiro atoms. The first kappa shape index (κ1) is 26.7. The zero-order valence-electron chi connectivity index (χ0n) is 23.4. The SMILES string of the molecule is CCC(C)C1CC2CCCCC2C2OC(C3CCC(OC)CC3)(C3CCC(OC)C(C#N)C3)C=CC12. The molecule has 0 aromatic carbocycles. The largest absolute Gasteiger partial charge is 0.381 e. The summed E-state index contributed by atoms with van der Waals surface area (Å²) in [6.07, 6.45) is 21.8. The summed E-state index contributed by atoms with van der Waals surface area (Å²) in [5.41, 5.74) is -0.229. The third kappa shape index (κ3) is 4.83. The number of nitrogens with zero attached hydrogens (tertiary/aromatic N) is 1. The predicted molar refractivity (Wildman–Crippen MR) is 143 cm³/mol. The quantitative estimate of drug-likeness (QED) is 0.361. The van der Waals surface area contributed by atoms with Crippen LogP contribution in [0.2, 0.25) is 0 Å². The van der Waals surface area contributed by atoms with E-state index in [1.165, 1.54) is 51.4 Å². The van der Waals surface area contributed by atoms with E-state index < -0.39 is 0 Å². The van der Waals surface area contributed by atoms with E-state index in [0.29, 0.717) is 35.9 Å². The molecule has 1 heterocycles. The Morgan fingerprint density at radius 2 is 1.72 bits per heavy atom. The Morgan fingerprint density at radius 1 is 0.972 bits per heavy atom. The van der Waals surface area contributed by atoms with Crippen molar-refractivity contribution in [3.8, 4) is 6.07 Å². The van der Waals surface area contributed by atoms with Gasteiger partial charge in [-0.2, -0.15) is 5.26 Å². The van der Waals surface area contributed by atoms with Gasteiger partial charge in [-0.1, -0.05) is 51.7 Å². The minimum atomic E-state index is -0.229. The van der Waals surface area contributed by atoms with Crippen molar-refractivity contribution in [2.24, 2.45) is 47.3 Å². The number of nitriles is 1. The smallest absolute Gasteiger partial charge is 0.0923 e. The molecule has 0 aromatic heterocycles. The number of methoxy groups -OCH3 is 2. The van der Waals surface area contributed by atoms with Gasteiger partial charge >= 0.3 is 0 Å². The van der Waals surface area contributed by atoms with Crippen LogP contribution in [0.3, 0.4) is 0 Å². The van der Waals surface area contributed by atoms with Gasteiger partial charge in [0.05, 0.1) is 35.9 Å². The summed E-state index contributed by atoms with van der Waals surface area (Å²) in [5.74, 6) is 4.50. The lowest BCUT2D eigenvalue weighted by molar-refractivity contribution is -0.214. The summed E-state index contributed by atoms with van der Waals surface area (Å²) in [7, 11) is 3.64. The van der Waals surface area contributed by atoms with Crippen molar-refractivity contribution in [2.75, 3.05) is 14.2 Å². The van der Waals surface area contributed by atoms with E-state index in [1.54, 1.807) is 7.11 Å². The Bertz CT molecular complexity index is 798. The van der Waals surface area contributed by atoms with Crippen LogP contribution in [0.15, 0.2) is 12.2 Å². The fourth-order valence-corrected chi connectivity index (χ4v) is 9.38. The molecule has 5 rings (SSSR count). The lowest BCUT2D eigenvalue weighted by Crippen LogP contribution is -2.59. The van der Waals surface area contributed by atoms with E-state index in [4.69, 9.17) is 14.2 Å². The van der Waals surface area contributed by atoms with Gasteiger partial charge in [0, 0.05) is 20.1 Å². The van der Waals surface area contributed by atoms with Gasteiger partial charge in [0.1, 0.15) is 0 Å². The molecule has 1 aliphatic heterocycles. The van der Waals surface area contributed by atoms with E-state index in [-0.39, 0.29) is 17.6 Å². The molecule has 4 aliphatic carbocycles. The molecule has 202 valence electrons. The van der Waals surface area contributed by atoms with Crippen molar-refractivity contribution in [1.82, 2.24) is 0 Å². The average Bonchev–Trinajstić information content (AvgIpc) is 2.95. The fourth-order valence-electron chi connectivity index (χ4n) is 9.38. The first-order valence-corrected chi connectivity index (χ1v) is 15.4. The molecule has 4 heteroatoms. The minimum Gasteiger partial charge on any atom is -0.381 e. The molecular weight excluding hydrogens is 446 g/mol. The number of hydrogen-bond donors (Lipinski definition) is 0. The Hall–Kier alpha value is -0.890. The third-order valence-corrected chi connectivity index (χ3v) is 11.7. The highest BCUT2D eigenvalue weighted by molar-refractivity contribution is 5.20. The highest BCUT2D eigenvalue weighted by Gasteiger charge is 2.56. The maximum absolute atomic E-state index is 10.0. The van der Waals surface area contributed by atoms with E-state index >= 15 is 0 Å². The highest BCUT2D eigenvalue weighted by atomic mass is 16.5. The first-order valence-electron chi connectivity index (χ1n) is 15.4. The molecule has 10 atom stereocenters. The predicted octanol–water partition coefficient (Wildman–Crippen LogP) is 7.33. The van der Waals surface area contributed by atoms with Crippen LogP contribution in [0.1, 0.15) is 97.3 Å². The van der Waals surface area contributed by atoms with Crippen LogP contribution in [0.4, 0.5) is 0 Å². The molecular formula is C32H51NO3. The zero-order valence-corrected chi connectivity index (χ0v) is 23.4. The van der Waals surface area contributed by atoms with E-state index in [1.807, 2.05) is 7.11 Å². The molecule has 0 aromatic rings. The van der Waals surface area contributed by atoms with Gasteiger partial charge in [0.2, 0.25) is 0 Å². The summed E-state index contributed by atoms with van der Waals surface area (Å²) in [6.45, 7) is 4.85. The molecule has 0 N–H and O–H groups in total. The average molecular weight is 498 g/mol. The highest BCUT2D eigenvalue weighted by Crippen LogP contribution is 2.57. The van der Waals surface area contributed by atoms with Crippen LogP contribution in [-0.2, 0) is 14.2 Å². The van der Waals surface area contributed by atoms with Gasteiger partial charge in [-0.15, -0.1) is 0 Å². The Labute approximate surface area is 220 Å². The van der Waals surface area contributed by atoms with Crippen molar-refractivity contribution in [1.29, 1.82) is 5.26 Å². The number of fused-ring (bicyclic) bond motifs is 3. The number of hydrogen-bond acceptors (Lipinski definition) is 4. The van der Waals surface area contributed by atoms with E-state index in [9.17, 15) is 5.26 Å². The Balaban J connectivity index is 1.50. The van der Waals surface area contributed by atoms with Gasteiger partial charge in [0.25, 0.3) is 0 Å². The molecule has 4 fully saturated rings. The minimum absolute atomic E-state index is 0.0303. The first-order chi connectivity index (χ1) is 17.5. The second-order valence-electron chi connectivity index (χ2n) is 13.1. The number of ether oxygens (including phenoxy) is 3. The van der Waals surface area contributed by atoms with Crippen LogP contribution >= 0.6 is 0 Å². The summed E-state index contributed by atoms with van der Waals surface area (Å²) >= 11 is 0. The lowest BCUT2D eigenvalue weighted by Gasteiger charge is -2.58.